The first-order valence-corrected chi connectivity index (χ1v) is 15.1. The topological polar surface area (TPSA) is 15.3 Å². The molecule has 3 rings (SSSR count). The van der Waals surface area contributed by atoms with Crippen LogP contribution >= 0.6 is 0 Å². The third-order valence-electron chi connectivity index (χ3n) is 7.03. The average Bonchev–Trinajstić information content (AvgIpc) is 2.99. The Morgan fingerprint density at radius 3 is 2.05 bits per heavy atom. The maximum absolute atomic E-state index is 4.18. The molecule has 1 unspecified atom stereocenters. The lowest BCUT2D eigenvalue weighted by Gasteiger charge is -2.34. The summed E-state index contributed by atoms with van der Waals surface area (Å²) in [6.45, 7) is 37.0. The van der Waals surface area contributed by atoms with Crippen molar-refractivity contribution in [1.29, 1.82) is 0 Å². The first-order chi connectivity index (χ1) is 19.4. The van der Waals surface area contributed by atoms with Crippen molar-refractivity contribution < 1.29 is 0 Å². The molecule has 220 valence electrons. The molecular weight excluding hydrogens is 484 g/mol. The molecule has 1 aliphatic heterocycles. The number of allylic oxidation sites excluding steroid dienone is 3. The highest BCUT2D eigenvalue weighted by Crippen LogP contribution is 2.28. The first kappa shape index (κ1) is 37.1. The molecule has 1 aliphatic rings. The molecule has 1 fully saturated rings. The molecule has 2 aromatic carbocycles. The minimum Gasteiger partial charge on any atom is -0.310 e. The van der Waals surface area contributed by atoms with Crippen molar-refractivity contribution in [2.24, 2.45) is 0 Å². The van der Waals surface area contributed by atoms with E-state index in [0.717, 1.165) is 31.8 Å². The van der Waals surface area contributed by atoms with Crippen LogP contribution in [-0.4, -0.2) is 30.6 Å². The van der Waals surface area contributed by atoms with Gasteiger partial charge in [0.25, 0.3) is 0 Å². The van der Waals surface area contributed by atoms with Crippen molar-refractivity contribution in [1.82, 2.24) is 10.2 Å². The summed E-state index contributed by atoms with van der Waals surface area (Å²) in [7, 11) is 0. The van der Waals surface area contributed by atoms with E-state index in [1.807, 2.05) is 26.0 Å². The van der Waals surface area contributed by atoms with Gasteiger partial charge in [0.1, 0.15) is 0 Å². The average molecular weight is 543 g/mol. The standard InChI is InChI=1S/C31H40N2.C3H8.C2H6.C2H4/c1-7-26(8-2)20-31-24(5)11-10-12-30(31)28(9-3)22-33-17-15-29(16-18-33)32-21-27-14-13-23(4)25(6)19-27;1-3-2;2*1-2/h7-14,19-20,28-29,32H,1-3,15-18,21-22H2,4-6H3;3H2,1-2H3;1-2H3;1-2H2. The zero-order chi connectivity index (χ0) is 30.5. The molecule has 2 nitrogen and oxygen atoms in total. The van der Waals surface area contributed by atoms with Gasteiger partial charge in [0.05, 0.1) is 0 Å². The van der Waals surface area contributed by atoms with Crippen molar-refractivity contribution in [3.8, 4) is 0 Å². The van der Waals surface area contributed by atoms with Crippen molar-refractivity contribution in [3.63, 3.8) is 0 Å². The van der Waals surface area contributed by atoms with E-state index in [1.165, 1.54) is 52.6 Å². The highest BCUT2D eigenvalue weighted by molar-refractivity contribution is 5.65. The van der Waals surface area contributed by atoms with Gasteiger partial charge >= 0.3 is 0 Å². The summed E-state index contributed by atoms with van der Waals surface area (Å²) in [5, 5.41) is 3.78. The van der Waals surface area contributed by atoms with Gasteiger partial charge in [-0.2, -0.15) is 0 Å². The zero-order valence-corrected chi connectivity index (χ0v) is 26.9. The van der Waals surface area contributed by atoms with Crippen LogP contribution in [0, 0.1) is 20.8 Å². The summed E-state index contributed by atoms with van der Waals surface area (Å²) in [6.07, 6.45) is 11.7. The fourth-order valence-electron chi connectivity index (χ4n) is 4.67. The predicted molar refractivity (Wildman–Crippen MR) is 183 cm³/mol. The van der Waals surface area contributed by atoms with E-state index in [1.54, 1.807) is 0 Å². The second kappa shape index (κ2) is 21.8. The molecule has 0 bridgehead atoms. The second-order valence-corrected chi connectivity index (χ2v) is 10.1. The van der Waals surface area contributed by atoms with E-state index in [0.29, 0.717) is 12.0 Å². The van der Waals surface area contributed by atoms with Crippen molar-refractivity contribution in [2.75, 3.05) is 19.6 Å². The summed E-state index contributed by atoms with van der Waals surface area (Å²) in [5.41, 5.74) is 9.03. The molecule has 1 heterocycles. The molecule has 1 N–H and O–H groups in total. The van der Waals surface area contributed by atoms with E-state index < -0.39 is 0 Å². The zero-order valence-electron chi connectivity index (χ0n) is 26.9. The molecule has 0 saturated carbocycles. The number of hydrogen-bond acceptors (Lipinski definition) is 2. The number of benzene rings is 2. The summed E-state index contributed by atoms with van der Waals surface area (Å²) >= 11 is 0. The van der Waals surface area contributed by atoms with Crippen LogP contribution < -0.4 is 5.32 Å². The smallest absolute Gasteiger partial charge is 0.0208 e. The highest BCUT2D eigenvalue weighted by atomic mass is 15.1. The largest absolute Gasteiger partial charge is 0.310 e. The second-order valence-electron chi connectivity index (χ2n) is 10.1. The van der Waals surface area contributed by atoms with Crippen LogP contribution in [-0.2, 0) is 6.54 Å². The van der Waals surface area contributed by atoms with Crippen LogP contribution in [0.25, 0.3) is 6.08 Å². The molecular formula is C38H58N2. The molecule has 0 radical (unpaired) electrons. The first-order valence-electron chi connectivity index (χ1n) is 15.1. The Hall–Kier alpha value is -2.94. The lowest BCUT2D eigenvalue weighted by Crippen LogP contribution is -2.43. The van der Waals surface area contributed by atoms with Crippen LogP contribution in [0.4, 0.5) is 0 Å². The van der Waals surface area contributed by atoms with Gasteiger partial charge in [-0.1, -0.05) is 102 Å². The summed E-state index contributed by atoms with van der Waals surface area (Å²) in [4.78, 5) is 2.60. The van der Waals surface area contributed by atoms with Gasteiger partial charge in [0, 0.05) is 25.0 Å². The number of piperidine rings is 1. The Bertz CT molecular complexity index is 1030. The van der Waals surface area contributed by atoms with Crippen LogP contribution in [0.3, 0.4) is 0 Å². The molecule has 0 spiro atoms. The number of aryl methyl sites for hydroxylation is 3. The number of nitrogens with zero attached hydrogens (tertiary/aromatic N) is 1. The predicted octanol–water partition coefficient (Wildman–Crippen LogP) is 10.1. The highest BCUT2D eigenvalue weighted by Gasteiger charge is 2.22. The molecule has 2 aromatic rings. The van der Waals surface area contributed by atoms with Crippen molar-refractivity contribution >= 4 is 6.08 Å². The Labute approximate surface area is 248 Å². The van der Waals surface area contributed by atoms with E-state index in [2.05, 4.69) is 126 Å². The third-order valence-corrected chi connectivity index (χ3v) is 7.03. The number of rotatable bonds is 10. The Morgan fingerprint density at radius 2 is 1.52 bits per heavy atom. The summed E-state index contributed by atoms with van der Waals surface area (Å²) in [6, 6.07) is 13.9. The van der Waals surface area contributed by atoms with Gasteiger partial charge < -0.3 is 10.2 Å². The Balaban J connectivity index is 0.00000199. The Kier molecular flexibility index (Phi) is 20.2. The van der Waals surface area contributed by atoms with Crippen LogP contribution in [0.2, 0.25) is 0 Å². The minimum atomic E-state index is 0.298. The molecule has 2 heteroatoms. The van der Waals surface area contributed by atoms with Gasteiger partial charge in [0.15, 0.2) is 0 Å². The lowest BCUT2D eigenvalue weighted by atomic mass is 9.89. The van der Waals surface area contributed by atoms with E-state index >= 15 is 0 Å². The third kappa shape index (κ3) is 12.5. The number of hydrogen-bond donors (Lipinski definition) is 1. The SMILES string of the molecule is C=C.C=CC(C=C)=Cc1c(C)cccc1C(C=C)CN1CCC(NCc2ccc(C)c(C)c2)CC1.CC.CCC. The van der Waals surface area contributed by atoms with Crippen molar-refractivity contribution in [3.05, 3.63) is 126 Å². The molecule has 1 saturated heterocycles. The number of nitrogens with one attached hydrogen (secondary N) is 1. The van der Waals surface area contributed by atoms with Gasteiger partial charge in [-0.3, -0.25) is 0 Å². The normalized spacial score (nSPS) is 13.6. The van der Waals surface area contributed by atoms with Crippen LogP contribution in [0.1, 0.15) is 86.3 Å². The van der Waals surface area contributed by atoms with Gasteiger partial charge in [-0.15, -0.1) is 19.7 Å². The monoisotopic (exact) mass is 542 g/mol. The van der Waals surface area contributed by atoms with E-state index in [4.69, 9.17) is 0 Å². The molecule has 0 amide bonds. The summed E-state index contributed by atoms with van der Waals surface area (Å²) in [5.74, 6) is 0.298. The maximum atomic E-state index is 4.18. The lowest BCUT2D eigenvalue weighted by molar-refractivity contribution is 0.193. The van der Waals surface area contributed by atoms with E-state index in [-0.39, 0.29) is 0 Å². The van der Waals surface area contributed by atoms with Crippen LogP contribution in [0.15, 0.2) is 93.1 Å². The van der Waals surface area contributed by atoms with Gasteiger partial charge in [-0.25, -0.2) is 0 Å². The molecule has 0 aliphatic carbocycles. The van der Waals surface area contributed by atoms with Gasteiger partial charge in [-0.05, 0) is 91.7 Å². The summed E-state index contributed by atoms with van der Waals surface area (Å²) < 4.78 is 0. The van der Waals surface area contributed by atoms with Gasteiger partial charge in [0.2, 0.25) is 0 Å². The minimum absolute atomic E-state index is 0.298. The van der Waals surface area contributed by atoms with E-state index in [9.17, 15) is 0 Å². The fraction of sp³-hybridized carbons (Fsp3) is 0.421. The maximum Gasteiger partial charge on any atom is 0.0208 e. The molecule has 0 aromatic heterocycles. The molecule has 1 atom stereocenters. The quantitative estimate of drug-likeness (QED) is 0.237. The van der Waals surface area contributed by atoms with Crippen LogP contribution in [0.5, 0.6) is 0 Å². The Morgan fingerprint density at radius 1 is 0.925 bits per heavy atom. The number of likely N-dealkylation sites (tertiary alicyclic amines) is 1. The molecule has 40 heavy (non-hydrogen) atoms. The fourth-order valence-corrected chi connectivity index (χ4v) is 4.67. The van der Waals surface area contributed by atoms with Crippen molar-refractivity contribution in [2.45, 2.75) is 86.2 Å².